The molecule has 0 radical (unpaired) electrons. The van der Waals surface area contributed by atoms with Crippen LogP contribution in [0, 0.1) is 0 Å². The van der Waals surface area contributed by atoms with E-state index < -0.39 is 0 Å². The summed E-state index contributed by atoms with van der Waals surface area (Å²) >= 11 is 3.37. The first-order valence-corrected chi connectivity index (χ1v) is 9.04. The van der Waals surface area contributed by atoms with Gasteiger partial charge in [0.25, 0.3) is 0 Å². The molecule has 1 amide bonds. The number of rotatable bonds is 6. The number of nitrogens with zero attached hydrogens (tertiary/aromatic N) is 1. The van der Waals surface area contributed by atoms with Crippen LogP contribution in [-0.2, 0) is 17.8 Å². The molecule has 0 aliphatic carbocycles. The first-order chi connectivity index (χ1) is 12.6. The molecule has 0 bridgehead atoms. The van der Waals surface area contributed by atoms with Gasteiger partial charge in [-0.1, -0.05) is 28.1 Å². The largest absolute Gasteiger partial charge is 0.497 e. The highest BCUT2D eigenvalue weighted by Crippen LogP contribution is 2.17. The highest BCUT2D eigenvalue weighted by molar-refractivity contribution is 9.10. The Morgan fingerprint density at radius 3 is 2.65 bits per heavy atom. The second kappa shape index (κ2) is 8.19. The van der Waals surface area contributed by atoms with Gasteiger partial charge in [-0.05, 0) is 42.3 Å². The third-order valence-corrected chi connectivity index (χ3v) is 4.64. The van der Waals surface area contributed by atoms with Crippen LogP contribution in [0.5, 0.6) is 5.75 Å². The smallest absolute Gasteiger partial charge is 0.239 e. The summed E-state index contributed by atoms with van der Waals surface area (Å²) < 4.78 is 7.75. The zero-order valence-electron chi connectivity index (χ0n) is 14.4. The van der Waals surface area contributed by atoms with Gasteiger partial charge in [0.15, 0.2) is 5.43 Å². The Balaban J connectivity index is 1.62. The molecule has 0 fully saturated rings. The number of carbonyl (C=O) groups excluding carboxylic acids is 1. The molecule has 6 heteroatoms. The molecule has 0 saturated heterocycles. The number of ether oxygens (including phenoxy) is 1. The van der Waals surface area contributed by atoms with Gasteiger partial charge in [0.1, 0.15) is 12.3 Å². The molecule has 2 aromatic carbocycles. The van der Waals surface area contributed by atoms with Crippen molar-refractivity contribution in [2.45, 2.75) is 13.0 Å². The number of hydrogen-bond acceptors (Lipinski definition) is 3. The Morgan fingerprint density at radius 2 is 1.92 bits per heavy atom. The quantitative estimate of drug-likeness (QED) is 0.673. The summed E-state index contributed by atoms with van der Waals surface area (Å²) in [6.07, 6.45) is 2.40. The number of amides is 1. The maximum absolute atomic E-state index is 12.3. The van der Waals surface area contributed by atoms with Gasteiger partial charge in [0, 0.05) is 28.7 Å². The molecule has 0 aliphatic heterocycles. The van der Waals surface area contributed by atoms with Crippen molar-refractivity contribution in [1.82, 2.24) is 9.88 Å². The molecule has 134 valence electrons. The van der Waals surface area contributed by atoms with E-state index in [1.54, 1.807) is 23.9 Å². The zero-order chi connectivity index (χ0) is 18.5. The third kappa shape index (κ3) is 4.32. The summed E-state index contributed by atoms with van der Waals surface area (Å²) in [6, 6.07) is 14.7. The lowest BCUT2D eigenvalue weighted by atomic mass is 10.1. The van der Waals surface area contributed by atoms with Crippen LogP contribution in [0.4, 0.5) is 0 Å². The van der Waals surface area contributed by atoms with Gasteiger partial charge in [0.2, 0.25) is 5.91 Å². The van der Waals surface area contributed by atoms with Crippen molar-refractivity contribution in [1.29, 1.82) is 0 Å². The van der Waals surface area contributed by atoms with Gasteiger partial charge in [-0.15, -0.1) is 0 Å². The van der Waals surface area contributed by atoms with Crippen molar-refractivity contribution in [2.24, 2.45) is 0 Å². The lowest BCUT2D eigenvalue weighted by Gasteiger charge is -2.11. The van der Waals surface area contributed by atoms with E-state index in [0.29, 0.717) is 11.9 Å². The minimum absolute atomic E-state index is 0.0579. The zero-order valence-corrected chi connectivity index (χ0v) is 16.0. The summed E-state index contributed by atoms with van der Waals surface area (Å²) in [4.78, 5) is 24.3. The average molecular weight is 415 g/mol. The molecule has 3 rings (SSSR count). The number of hydrogen-bond donors (Lipinski definition) is 1. The van der Waals surface area contributed by atoms with E-state index in [0.717, 1.165) is 27.7 Å². The van der Waals surface area contributed by atoms with Crippen LogP contribution in [0.1, 0.15) is 5.56 Å². The molecule has 0 spiro atoms. The van der Waals surface area contributed by atoms with E-state index >= 15 is 0 Å². The van der Waals surface area contributed by atoms with Gasteiger partial charge in [-0.25, -0.2) is 0 Å². The first kappa shape index (κ1) is 18.2. The van der Waals surface area contributed by atoms with Gasteiger partial charge in [-0.3, -0.25) is 9.59 Å². The standard InChI is InChI=1S/C20H19BrN2O3/c1-26-16-5-2-14(3-6-16)8-10-22-20(25)13-23-11-9-19(24)17-12-15(21)4-7-18(17)23/h2-7,9,11-12H,8,10,13H2,1H3,(H,22,25). The topological polar surface area (TPSA) is 60.3 Å². The number of fused-ring (bicyclic) bond motifs is 1. The fourth-order valence-corrected chi connectivity index (χ4v) is 3.13. The Morgan fingerprint density at radius 1 is 1.15 bits per heavy atom. The van der Waals surface area contributed by atoms with Crippen molar-refractivity contribution in [3.63, 3.8) is 0 Å². The van der Waals surface area contributed by atoms with Crippen LogP contribution in [-0.4, -0.2) is 24.1 Å². The van der Waals surface area contributed by atoms with E-state index in [2.05, 4.69) is 21.2 Å². The van der Waals surface area contributed by atoms with E-state index in [1.807, 2.05) is 36.4 Å². The third-order valence-electron chi connectivity index (χ3n) is 4.15. The van der Waals surface area contributed by atoms with E-state index in [-0.39, 0.29) is 17.9 Å². The van der Waals surface area contributed by atoms with Gasteiger partial charge < -0.3 is 14.6 Å². The van der Waals surface area contributed by atoms with Crippen molar-refractivity contribution < 1.29 is 9.53 Å². The first-order valence-electron chi connectivity index (χ1n) is 8.25. The number of pyridine rings is 1. The molecule has 0 saturated carbocycles. The molecule has 1 N–H and O–H groups in total. The Kier molecular flexibility index (Phi) is 5.73. The SMILES string of the molecule is COc1ccc(CCNC(=O)Cn2ccc(=O)c3cc(Br)ccc32)cc1. The van der Waals surface area contributed by atoms with Crippen LogP contribution < -0.4 is 15.5 Å². The summed E-state index contributed by atoms with van der Waals surface area (Å²) in [5, 5.41) is 3.51. The predicted molar refractivity (Wildman–Crippen MR) is 106 cm³/mol. The van der Waals surface area contributed by atoms with Crippen LogP contribution >= 0.6 is 15.9 Å². The monoisotopic (exact) mass is 414 g/mol. The van der Waals surface area contributed by atoms with Crippen molar-refractivity contribution in [3.05, 3.63) is 75.0 Å². The van der Waals surface area contributed by atoms with Gasteiger partial charge >= 0.3 is 0 Å². The number of nitrogens with one attached hydrogen (secondary N) is 1. The molecular formula is C20H19BrN2O3. The molecule has 1 heterocycles. The molecule has 1 aromatic heterocycles. The molecule has 0 atom stereocenters. The van der Waals surface area contributed by atoms with Crippen LogP contribution in [0.3, 0.4) is 0 Å². The van der Waals surface area contributed by atoms with E-state index in [1.165, 1.54) is 6.07 Å². The lowest BCUT2D eigenvalue weighted by Crippen LogP contribution is -2.29. The number of aromatic nitrogens is 1. The number of methoxy groups -OCH3 is 1. The minimum atomic E-state index is -0.0913. The van der Waals surface area contributed by atoms with Crippen LogP contribution in [0.25, 0.3) is 10.9 Å². The molecule has 0 unspecified atom stereocenters. The van der Waals surface area contributed by atoms with Crippen molar-refractivity contribution in [3.8, 4) is 5.75 Å². The molecule has 3 aromatic rings. The van der Waals surface area contributed by atoms with Crippen LogP contribution in [0.15, 0.2) is 64.0 Å². The Bertz CT molecular complexity index is 981. The van der Waals surface area contributed by atoms with E-state index in [4.69, 9.17) is 4.74 Å². The Hall–Kier alpha value is -2.60. The fraction of sp³-hybridized carbons (Fsp3) is 0.200. The number of halogens is 1. The maximum Gasteiger partial charge on any atom is 0.239 e. The van der Waals surface area contributed by atoms with Gasteiger partial charge in [0.05, 0.1) is 12.6 Å². The Labute approximate surface area is 159 Å². The highest BCUT2D eigenvalue weighted by atomic mass is 79.9. The predicted octanol–water partition coefficient (Wildman–Crippen LogP) is 3.13. The second-order valence-electron chi connectivity index (χ2n) is 5.92. The molecule has 0 aliphatic rings. The van der Waals surface area contributed by atoms with Crippen molar-refractivity contribution >= 4 is 32.7 Å². The summed E-state index contributed by atoms with van der Waals surface area (Å²) in [5.74, 6) is 0.723. The maximum atomic E-state index is 12.3. The number of carbonyl (C=O) groups is 1. The van der Waals surface area contributed by atoms with Crippen LogP contribution in [0.2, 0.25) is 0 Å². The summed E-state index contributed by atoms with van der Waals surface area (Å²) in [6.45, 7) is 0.718. The van der Waals surface area contributed by atoms with Crippen molar-refractivity contribution in [2.75, 3.05) is 13.7 Å². The summed E-state index contributed by atoms with van der Waals surface area (Å²) in [7, 11) is 1.63. The van der Waals surface area contributed by atoms with Gasteiger partial charge in [-0.2, -0.15) is 0 Å². The molecular weight excluding hydrogens is 396 g/mol. The number of benzene rings is 2. The minimum Gasteiger partial charge on any atom is -0.497 e. The lowest BCUT2D eigenvalue weighted by molar-refractivity contribution is -0.121. The summed E-state index contributed by atoms with van der Waals surface area (Å²) in [5.41, 5.74) is 1.81. The highest BCUT2D eigenvalue weighted by Gasteiger charge is 2.07. The van der Waals surface area contributed by atoms with E-state index in [9.17, 15) is 9.59 Å². The molecule has 5 nitrogen and oxygen atoms in total. The second-order valence-corrected chi connectivity index (χ2v) is 6.83. The normalized spacial score (nSPS) is 10.7. The fourth-order valence-electron chi connectivity index (χ4n) is 2.77. The average Bonchev–Trinajstić information content (AvgIpc) is 2.65. The molecule has 26 heavy (non-hydrogen) atoms.